The van der Waals surface area contributed by atoms with E-state index in [1.54, 1.807) is 5.06 Å². The molecule has 0 aromatic heterocycles. The summed E-state index contributed by atoms with van der Waals surface area (Å²) < 4.78 is 0. The predicted molar refractivity (Wildman–Crippen MR) is 72.7 cm³/mol. The Morgan fingerprint density at radius 2 is 1.86 bits per heavy atom. The molecule has 4 fully saturated rings. The van der Waals surface area contributed by atoms with Crippen molar-refractivity contribution in [3.63, 3.8) is 0 Å². The first-order valence-corrected chi connectivity index (χ1v) is 7.67. The molecule has 4 aliphatic rings. The second-order valence-electron chi connectivity index (χ2n) is 7.73. The van der Waals surface area contributed by atoms with Crippen LogP contribution in [0.3, 0.4) is 0 Å². The minimum Gasteiger partial charge on any atom is -0.391 e. The van der Waals surface area contributed by atoms with E-state index < -0.39 is 23.7 Å². The molecule has 1 N–H and O–H groups in total. The van der Waals surface area contributed by atoms with Gasteiger partial charge in [0.2, 0.25) is 5.91 Å². The van der Waals surface area contributed by atoms with Crippen molar-refractivity contribution in [2.24, 2.45) is 17.3 Å². The minimum atomic E-state index is -0.702. The number of likely N-dealkylation sites (tertiary alicyclic amines) is 1. The number of imide groups is 1. The Balaban J connectivity index is 1.79. The van der Waals surface area contributed by atoms with Crippen molar-refractivity contribution in [3.05, 3.63) is 0 Å². The molecule has 6 atom stereocenters. The Hall–Kier alpha value is -0.980. The summed E-state index contributed by atoms with van der Waals surface area (Å²) in [4.78, 5) is 31.7. The molecule has 1 aliphatic carbocycles. The van der Waals surface area contributed by atoms with Gasteiger partial charge in [0.05, 0.1) is 23.6 Å². The zero-order chi connectivity index (χ0) is 15.3. The van der Waals surface area contributed by atoms with Crippen molar-refractivity contribution in [1.29, 1.82) is 0 Å². The first-order valence-electron chi connectivity index (χ1n) is 7.67. The van der Waals surface area contributed by atoms with Gasteiger partial charge in [-0.2, -0.15) is 5.06 Å². The lowest BCUT2D eigenvalue weighted by Gasteiger charge is -2.54. The van der Waals surface area contributed by atoms with Crippen LogP contribution in [0.5, 0.6) is 0 Å². The van der Waals surface area contributed by atoms with Crippen LogP contribution in [0, 0.1) is 17.3 Å². The Bertz CT molecular complexity index is 548. The van der Waals surface area contributed by atoms with E-state index >= 15 is 0 Å². The number of aliphatic hydroxyl groups is 1. The van der Waals surface area contributed by atoms with Crippen molar-refractivity contribution in [2.75, 3.05) is 7.05 Å². The molecular weight excluding hydrogens is 272 g/mol. The van der Waals surface area contributed by atoms with Gasteiger partial charge in [0.25, 0.3) is 5.91 Å². The number of amides is 2. The Kier molecular flexibility index (Phi) is 2.39. The number of likely N-dealkylation sites (N-methyl/N-ethyl adjacent to an activating group) is 1. The van der Waals surface area contributed by atoms with Gasteiger partial charge in [0, 0.05) is 7.05 Å². The molecule has 0 spiro atoms. The molecule has 21 heavy (non-hydrogen) atoms. The predicted octanol–water partition coefficient (Wildman–Crippen LogP) is 0.155. The van der Waals surface area contributed by atoms with Crippen molar-refractivity contribution in [1.82, 2.24) is 9.96 Å². The molecule has 3 heterocycles. The van der Waals surface area contributed by atoms with E-state index in [4.69, 9.17) is 4.84 Å². The largest absolute Gasteiger partial charge is 0.391 e. The van der Waals surface area contributed by atoms with E-state index in [2.05, 4.69) is 13.8 Å². The van der Waals surface area contributed by atoms with Crippen LogP contribution >= 0.6 is 0 Å². The van der Waals surface area contributed by atoms with Crippen LogP contribution in [0.4, 0.5) is 0 Å². The van der Waals surface area contributed by atoms with E-state index in [1.807, 2.05) is 6.92 Å². The molecule has 0 aromatic rings. The second-order valence-corrected chi connectivity index (χ2v) is 7.73. The smallest absolute Gasteiger partial charge is 0.261 e. The summed E-state index contributed by atoms with van der Waals surface area (Å²) in [5, 5.41) is 12.4. The number of rotatable bonds is 0. The van der Waals surface area contributed by atoms with Gasteiger partial charge in [-0.25, -0.2) is 0 Å². The number of nitrogens with zero attached hydrogens (tertiary/aromatic N) is 2. The van der Waals surface area contributed by atoms with Gasteiger partial charge in [-0.15, -0.1) is 0 Å². The molecule has 1 saturated carbocycles. The highest BCUT2D eigenvalue weighted by molar-refractivity contribution is 6.07. The summed E-state index contributed by atoms with van der Waals surface area (Å²) in [6, 6.07) is -0.100. The first kappa shape index (κ1) is 13.7. The molecule has 3 saturated heterocycles. The Morgan fingerprint density at radius 1 is 1.19 bits per heavy atom. The van der Waals surface area contributed by atoms with Gasteiger partial charge >= 0.3 is 0 Å². The average molecular weight is 294 g/mol. The topological polar surface area (TPSA) is 70.1 Å². The maximum absolute atomic E-state index is 12.4. The van der Waals surface area contributed by atoms with Gasteiger partial charge in [0.1, 0.15) is 0 Å². The van der Waals surface area contributed by atoms with Crippen LogP contribution in [0.25, 0.3) is 0 Å². The quantitative estimate of drug-likeness (QED) is 0.644. The number of hydroxylamine groups is 2. The molecular formula is C15H22N2O4. The number of aliphatic hydroxyl groups excluding tert-OH is 1. The third-order valence-corrected chi connectivity index (χ3v) is 6.92. The highest BCUT2D eigenvalue weighted by Gasteiger charge is 2.72. The van der Waals surface area contributed by atoms with Gasteiger partial charge in [0.15, 0.2) is 6.10 Å². The highest BCUT2D eigenvalue weighted by Crippen LogP contribution is 2.62. The minimum absolute atomic E-state index is 0.100. The van der Waals surface area contributed by atoms with Crippen molar-refractivity contribution >= 4 is 11.8 Å². The Labute approximate surface area is 124 Å². The molecule has 116 valence electrons. The average Bonchev–Trinajstić information content (AvgIpc) is 2.91. The summed E-state index contributed by atoms with van der Waals surface area (Å²) >= 11 is 0. The Morgan fingerprint density at radius 3 is 2.52 bits per heavy atom. The number of fused-ring (bicyclic) bond motifs is 6. The molecule has 6 heteroatoms. The number of hydrogen-bond donors (Lipinski definition) is 1. The van der Waals surface area contributed by atoms with Crippen LogP contribution < -0.4 is 0 Å². The third kappa shape index (κ3) is 1.26. The first-order chi connectivity index (χ1) is 9.71. The van der Waals surface area contributed by atoms with E-state index in [0.717, 1.165) is 12.8 Å². The summed E-state index contributed by atoms with van der Waals surface area (Å²) in [5.74, 6) is -0.471. The standard InChI is InChI=1S/C15H22N2O4/c1-14(2)7-5-8-10-11(13(20)16(4)12(10)19)21-17(8)15(14,3)9(18)6-7/h7-11,18H,5-6H2,1-4H3/t7-,8-,9-,10+,11-,15+/m0/s1. The lowest BCUT2D eigenvalue weighted by Crippen LogP contribution is -2.64. The van der Waals surface area contributed by atoms with Gasteiger partial charge in [-0.1, -0.05) is 13.8 Å². The molecule has 2 amide bonds. The van der Waals surface area contributed by atoms with Crippen LogP contribution in [0.2, 0.25) is 0 Å². The SMILES string of the molecule is CN1C(=O)[C@H]2[C@H](ON3[C@H]2C[C@H]2C[C@H](O)[C@]3(C)C2(C)C)C1=O. The lowest BCUT2D eigenvalue weighted by atomic mass is 9.64. The molecule has 4 rings (SSSR count). The van der Waals surface area contributed by atoms with E-state index in [0.29, 0.717) is 5.92 Å². The van der Waals surface area contributed by atoms with E-state index in [-0.39, 0.29) is 23.3 Å². The fraction of sp³-hybridized carbons (Fsp3) is 0.867. The van der Waals surface area contributed by atoms with E-state index in [9.17, 15) is 14.7 Å². The number of piperidine rings is 1. The van der Waals surface area contributed by atoms with Crippen molar-refractivity contribution in [3.8, 4) is 0 Å². The van der Waals surface area contributed by atoms with Crippen LogP contribution in [-0.2, 0) is 14.4 Å². The fourth-order valence-corrected chi connectivity index (χ4v) is 5.08. The molecule has 3 aliphatic heterocycles. The summed E-state index contributed by atoms with van der Waals surface area (Å²) in [6.45, 7) is 6.30. The van der Waals surface area contributed by atoms with Crippen molar-refractivity contribution in [2.45, 2.75) is 57.4 Å². The maximum atomic E-state index is 12.4. The maximum Gasteiger partial charge on any atom is 0.261 e. The van der Waals surface area contributed by atoms with Crippen molar-refractivity contribution < 1.29 is 19.5 Å². The summed E-state index contributed by atoms with van der Waals surface area (Å²) in [5.41, 5.74) is -0.663. The summed E-state index contributed by atoms with van der Waals surface area (Å²) in [7, 11) is 1.52. The zero-order valence-corrected chi connectivity index (χ0v) is 12.9. The lowest BCUT2D eigenvalue weighted by molar-refractivity contribution is -0.275. The molecule has 0 radical (unpaired) electrons. The van der Waals surface area contributed by atoms with Crippen LogP contribution in [0.15, 0.2) is 0 Å². The zero-order valence-electron chi connectivity index (χ0n) is 12.9. The molecule has 0 aromatic carbocycles. The number of carbonyl (C=O) groups is 2. The van der Waals surface area contributed by atoms with Gasteiger partial charge in [-0.05, 0) is 31.1 Å². The van der Waals surface area contributed by atoms with E-state index in [1.165, 1.54) is 11.9 Å². The number of hydrogen-bond acceptors (Lipinski definition) is 5. The summed E-state index contributed by atoms with van der Waals surface area (Å²) in [6.07, 6.45) is 0.332. The third-order valence-electron chi connectivity index (χ3n) is 6.92. The molecule has 6 nitrogen and oxygen atoms in total. The van der Waals surface area contributed by atoms with Crippen LogP contribution in [-0.4, -0.2) is 57.7 Å². The highest BCUT2D eigenvalue weighted by atomic mass is 16.7. The molecule has 0 unspecified atom stereocenters. The number of carbonyl (C=O) groups excluding carboxylic acids is 2. The van der Waals surface area contributed by atoms with Gasteiger partial charge < -0.3 is 5.11 Å². The monoisotopic (exact) mass is 294 g/mol. The second kappa shape index (κ2) is 3.67. The van der Waals surface area contributed by atoms with Gasteiger partial charge in [-0.3, -0.25) is 19.3 Å². The normalized spacial score (nSPS) is 51.5. The molecule has 2 bridgehead atoms. The fourth-order valence-electron chi connectivity index (χ4n) is 5.08. The van der Waals surface area contributed by atoms with Crippen LogP contribution in [0.1, 0.15) is 33.6 Å².